The fourth-order valence-electron chi connectivity index (χ4n) is 1.57. The van der Waals surface area contributed by atoms with Gasteiger partial charge in [0.05, 0.1) is 6.04 Å². The van der Waals surface area contributed by atoms with Crippen LogP contribution in [0.2, 0.25) is 0 Å². The largest absolute Gasteiger partial charge is 0.338 e. The van der Waals surface area contributed by atoms with E-state index in [1.165, 1.54) is 12.8 Å². The molecule has 5 nitrogen and oxygen atoms in total. The molecule has 0 radical (unpaired) electrons. The Labute approximate surface area is 83.5 Å². The van der Waals surface area contributed by atoms with Gasteiger partial charge in [0, 0.05) is 13.1 Å². The molecule has 0 aliphatic carbocycles. The van der Waals surface area contributed by atoms with Gasteiger partial charge in [0.2, 0.25) is 5.89 Å². The summed E-state index contributed by atoms with van der Waals surface area (Å²) in [5.74, 6) is 1.40. The maximum absolute atomic E-state index is 5.16. The molecule has 0 spiro atoms. The number of hydrogen-bond acceptors (Lipinski definition) is 5. The lowest BCUT2D eigenvalue weighted by Crippen LogP contribution is -2.19. The van der Waals surface area contributed by atoms with Crippen molar-refractivity contribution >= 4 is 5.95 Å². The Bertz CT molecular complexity index is 293. The van der Waals surface area contributed by atoms with Gasteiger partial charge in [0.15, 0.2) is 0 Å². The van der Waals surface area contributed by atoms with Crippen molar-refractivity contribution in [1.29, 1.82) is 0 Å². The van der Waals surface area contributed by atoms with Crippen molar-refractivity contribution in [2.24, 2.45) is 0 Å². The minimum absolute atomic E-state index is 0.124. The van der Waals surface area contributed by atoms with E-state index in [1.54, 1.807) is 0 Å². The first-order chi connectivity index (χ1) is 6.81. The van der Waals surface area contributed by atoms with Crippen LogP contribution >= 0.6 is 0 Å². The molecular weight excluding hydrogens is 180 g/mol. The summed E-state index contributed by atoms with van der Waals surface area (Å²) in [6.07, 6.45) is 2.46. The van der Waals surface area contributed by atoms with E-state index < -0.39 is 0 Å². The number of anilines is 1. The molecule has 1 unspecified atom stereocenters. The number of rotatable bonds is 3. The molecule has 1 aliphatic heterocycles. The predicted octanol–water partition coefficient (Wildman–Crippen LogP) is 0.950. The van der Waals surface area contributed by atoms with Gasteiger partial charge in [-0.1, -0.05) is 0 Å². The van der Waals surface area contributed by atoms with Crippen LogP contribution < -0.4 is 10.2 Å². The van der Waals surface area contributed by atoms with Crippen molar-refractivity contribution in [3.8, 4) is 0 Å². The van der Waals surface area contributed by atoms with E-state index in [2.05, 4.69) is 20.4 Å². The highest BCUT2D eigenvalue weighted by Gasteiger charge is 2.19. The summed E-state index contributed by atoms with van der Waals surface area (Å²) in [5.41, 5.74) is 0. The molecule has 78 valence electrons. The molecule has 1 atom stereocenters. The average molecular weight is 196 g/mol. The van der Waals surface area contributed by atoms with Crippen molar-refractivity contribution in [2.45, 2.75) is 25.8 Å². The average Bonchev–Trinajstić information content (AvgIpc) is 2.86. The normalized spacial score (nSPS) is 18.9. The predicted molar refractivity (Wildman–Crippen MR) is 53.2 cm³/mol. The van der Waals surface area contributed by atoms with Gasteiger partial charge in [-0.25, -0.2) is 0 Å². The summed E-state index contributed by atoms with van der Waals surface area (Å²) in [7, 11) is 1.88. The molecule has 0 aromatic carbocycles. The highest BCUT2D eigenvalue weighted by molar-refractivity contribution is 5.29. The molecular formula is C9H16N4O. The van der Waals surface area contributed by atoms with Crippen molar-refractivity contribution in [3.63, 3.8) is 0 Å². The zero-order chi connectivity index (χ0) is 9.97. The van der Waals surface area contributed by atoms with Gasteiger partial charge < -0.3 is 14.7 Å². The van der Waals surface area contributed by atoms with Crippen LogP contribution in [0.5, 0.6) is 0 Å². The molecule has 1 N–H and O–H groups in total. The molecule has 0 saturated carbocycles. The second-order valence-electron chi connectivity index (χ2n) is 3.64. The summed E-state index contributed by atoms with van der Waals surface area (Å²) in [5, 5.41) is 7.04. The first kappa shape index (κ1) is 9.45. The molecule has 1 aliphatic rings. The third kappa shape index (κ3) is 1.72. The van der Waals surface area contributed by atoms with Gasteiger partial charge in [-0.3, -0.25) is 0 Å². The second kappa shape index (κ2) is 3.96. The fraction of sp³-hybridized carbons (Fsp3) is 0.778. The monoisotopic (exact) mass is 196 g/mol. The van der Waals surface area contributed by atoms with Crippen molar-refractivity contribution < 1.29 is 4.52 Å². The maximum atomic E-state index is 5.16. The Hall–Kier alpha value is -1.10. The van der Waals surface area contributed by atoms with Gasteiger partial charge in [-0.15, -0.1) is 0 Å². The SMILES string of the molecule is CNC(C)c1nc(N2CCCC2)no1. The van der Waals surface area contributed by atoms with Gasteiger partial charge in [0.1, 0.15) is 0 Å². The summed E-state index contributed by atoms with van der Waals surface area (Å²) < 4.78 is 5.16. The standard InChI is InChI=1S/C9H16N4O/c1-7(10-2)8-11-9(12-14-8)13-5-3-4-6-13/h7,10H,3-6H2,1-2H3. The van der Waals surface area contributed by atoms with E-state index >= 15 is 0 Å². The first-order valence-electron chi connectivity index (χ1n) is 5.07. The van der Waals surface area contributed by atoms with Gasteiger partial charge in [0.25, 0.3) is 5.95 Å². The molecule has 2 heterocycles. The minimum atomic E-state index is 0.124. The molecule has 14 heavy (non-hydrogen) atoms. The quantitative estimate of drug-likeness (QED) is 0.780. The summed E-state index contributed by atoms with van der Waals surface area (Å²) in [6, 6.07) is 0.124. The van der Waals surface area contributed by atoms with Crippen LogP contribution in [-0.4, -0.2) is 30.3 Å². The molecule has 2 rings (SSSR count). The van der Waals surface area contributed by atoms with E-state index in [0.717, 1.165) is 19.0 Å². The van der Waals surface area contributed by atoms with Crippen LogP contribution in [0.3, 0.4) is 0 Å². The molecule has 5 heteroatoms. The van der Waals surface area contributed by atoms with Crippen molar-refractivity contribution in [1.82, 2.24) is 15.5 Å². The Morgan fingerprint density at radius 1 is 1.43 bits per heavy atom. The second-order valence-corrected chi connectivity index (χ2v) is 3.64. The molecule has 0 amide bonds. The summed E-state index contributed by atoms with van der Waals surface area (Å²) in [4.78, 5) is 6.51. The maximum Gasteiger partial charge on any atom is 0.266 e. The lowest BCUT2D eigenvalue weighted by atomic mass is 10.3. The summed E-state index contributed by atoms with van der Waals surface area (Å²) >= 11 is 0. The third-order valence-corrected chi connectivity index (χ3v) is 2.62. The summed E-state index contributed by atoms with van der Waals surface area (Å²) in [6.45, 7) is 4.10. The highest BCUT2D eigenvalue weighted by atomic mass is 16.5. The lowest BCUT2D eigenvalue weighted by Gasteiger charge is -2.10. The fourth-order valence-corrected chi connectivity index (χ4v) is 1.57. The van der Waals surface area contributed by atoms with Gasteiger partial charge in [-0.2, -0.15) is 4.98 Å². The Morgan fingerprint density at radius 3 is 2.79 bits per heavy atom. The zero-order valence-electron chi connectivity index (χ0n) is 8.66. The van der Waals surface area contributed by atoms with E-state index in [9.17, 15) is 0 Å². The van der Waals surface area contributed by atoms with E-state index in [0.29, 0.717) is 5.89 Å². The molecule has 0 bridgehead atoms. The highest BCUT2D eigenvalue weighted by Crippen LogP contribution is 2.18. The van der Waals surface area contributed by atoms with Crippen LogP contribution in [0, 0.1) is 0 Å². The minimum Gasteiger partial charge on any atom is -0.338 e. The van der Waals surface area contributed by atoms with Crippen LogP contribution in [-0.2, 0) is 0 Å². The number of nitrogens with zero attached hydrogens (tertiary/aromatic N) is 3. The molecule has 1 saturated heterocycles. The van der Waals surface area contributed by atoms with E-state index in [-0.39, 0.29) is 6.04 Å². The van der Waals surface area contributed by atoms with Crippen LogP contribution in [0.15, 0.2) is 4.52 Å². The first-order valence-corrected chi connectivity index (χ1v) is 5.07. The van der Waals surface area contributed by atoms with Crippen LogP contribution in [0.4, 0.5) is 5.95 Å². The number of hydrogen-bond donors (Lipinski definition) is 1. The van der Waals surface area contributed by atoms with Gasteiger partial charge >= 0.3 is 0 Å². The smallest absolute Gasteiger partial charge is 0.266 e. The molecule has 1 aromatic rings. The number of aromatic nitrogens is 2. The van der Waals surface area contributed by atoms with Crippen molar-refractivity contribution in [3.05, 3.63) is 5.89 Å². The molecule has 1 fully saturated rings. The van der Waals surface area contributed by atoms with Crippen LogP contribution in [0.1, 0.15) is 31.7 Å². The topological polar surface area (TPSA) is 54.2 Å². The Balaban J connectivity index is 2.08. The van der Waals surface area contributed by atoms with Gasteiger partial charge in [-0.05, 0) is 32.0 Å². The number of nitrogens with one attached hydrogen (secondary N) is 1. The van der Waals surface area contributed by atoms with E-state index in [1.807, 2.05) is 14.0 Å². The molecule has 1 aromatic heterocycles. The van der Waals surface area contributed by atoms with E-state index in [4.69, 9.17) is 4.52 Å². The van der Waals surface area contributed by atoms with Crippen LogP contribution in [0.25, 0.3) is 0 Å². The third-order valence-electron chi connectivity index (χ3n) is 2.62. The zero-order valence-corrected chi connectivity index (χ0v) is 8.66. The van der Waals surface area contributed by atoms with Crippen molar-refractivity contribution in [2.75, 3.05) is 25.0 Å². The Kier molecular flexibility index (Phi) is 2.67. The Morgan fingerprint density at radius 2 is 2.14 bits per heavy atom. The lowest BCUT2D eigenvalue weighted by molar-refractivity contribution is 0.346.